The van der Waals surface area contributed by atoms with Crippen LogP contribution in [0.3, 0.4) is 0 Å². The molecule has 0 fully saturated rings. The van der Waals surface area contributed by atoms with Gasteiger partial charge in [-0.15, -0.1) is 0 Å². The number of aliphatic carboxylic acids is 1. The summed E-state index contributed by atoms with van der Waals surface area (Å²) in [6.45, 7) is 3.32. The van der Waals surface area contributed by atoms with Gasteiger partial charge >= 0.3 is 5.97 Å². The van der Waals surface area contributed by atoms with E-state index in [1.165, 1.54) is 18.2 Å². The smallest absolute Gasteiger partial charge is 0.303 e. The molecular weight excluding hydrogens is 381 g/mol. The van der Waals surface area contributed by atoms with Crippen molar-refractivity contribution in [1.82, 2.24) is 0 Å². The maximum Gasteiger partial charge on any atom is 0.303 e. The van der Waals surface area contributed by atoms with E-state index in [-0.39, 0.29) is 11.3 Å². The lowest BCUT2D eigenvalue weighted by Gasteiger charge is -2.14. The van der Waals surface area contributed by atoms with Gasteiger partial charge in [0.05, 0.1) is 10.6 Å². The molecular formula is C21H26FNO4S. The standard InChI is InChI=1S/C21H26FNO4S/c1-15-12-18(22)13-16(2)21(15)23-28(26,27)19-10-7-9-17(14-19)8-5-3-4-6-11-20(24)25/h7,9-10,12-14,23H,3-6,8,11H2,1-2H3,(H,24,25). The van der Waals surface area contributed by atoms with Gasteiger partial charge in [-0.05, 0) is 74.1 Å². The highest BCUT2D eigenvalue weighted by Crippen LogP contribution is 2.25. The summed E-state index contributed by atoms with van der Waals surface area (Å²) in [4.78, 5) is 10.7. The van der Waals surface area contributed by atoms with Crippen molar-refractivity contribution in [3.63, 3.8) is 0 Å². The Morgan fingerprint density at radius 1 is 1.04 bits per heavy atom. The molecule has 0 bridgehead atoms. The molecule has 2 rings (SSSR count). The third kappa shape index (κ3) is 6.34. The van der Waals surface area contributed by atoms with Crippen molar-refractivity contribution in [2.75, 3.05) is 4.72 Å². The number of hydrogen-bond donors (Lipinski definition) is 2. The van der Waals surface area contributed by atoms with Crippen molar-refractivity contribution >= 4 is 21.7 Å². The van der Waals surface area contributed by atoms with Crippen molar-refractivity contribution < 1.29 is 22.7 Å². The Labute approximate surface area is 165 Å². The number of carboxylic acid groups (broad SMARTS) is 1. The van der Waals surface area contributed by atoms with E-state index in [0.717, 1.165) is 31.2 Å². The second-order valence-corrected chi connectivity index (χ2v) is 8.66. The molecule has 5 nitrogen and oxygen atoms in total. The molecule has 0 aliphatic rings. The molecule has 0 heterocycles. The second kappa shape index (κ2) is 9.68. The van der Waals surface area contributed by atoms with Gasteiger partial charge in [-0.1, -0.05) is 25.0 Å². The number of carboxylic acids is 1. The Balaban J connectivity index is 2.03. The average molecular weight is 408 g/mol. The Kier molecular flexibility index (Phi) is 7.57. The zero-order valence-electron chi connectivity index (χ0n) is 16.2. The molecule has 0 saturated heterocycles. The number of carbonyl (C=O) groups is 1. The minimum absolute atomic E-state index is 0.166. The van der Waals surface area contributed by atoms with Crippen molar-refractivity contribution in [2.24, 2.45) is 0 Å². The van der Waals surface area contributed by atoms with E-state index in [1.807, 2.05) is 6.07 Å². The third-order valence-electron chi connectivity index (χ3n) is 4.55. The molecule has 0 amide bonds. The van der Waals surface area contributed by atoms with Gasteiger partial charge < -0.3 is 5.11 Å². The number of anilines is 1. The summed E-state index contributed by atoms with van der Waals surface area (Å²) in [6.07, 6.45) is 4.18. The molecule has 0 radical (unpaired) electrons. The molecule has 0 aliphatic heterocycles. The molecule has 0 aromatic heterocycles. The van der Waals surface area contributed by atoms with E-state index in [0.29, 0.717) is 23.2 Å². The highest BCUT2D eigenvalue weighted by Gasteiger charge is 2.17. The van der Waals surface area contributed by atoms with Crippen molar-refractivity contribution in [2.45, 2.75) is 57.3 Å². The van der Waals surface area contributed by atoms with Crippen LogP contribution < -0.4 is 4.72 Å². The lowest BCUT2D eigenvalue weighted by Crippen LogP contribution is -2.15. The monoisotopic (exact) mass is 407 g/mol. The van der Waals surface area contributed by atoms with Gasteiger partial charge in [-0.25, -0.2) is 12.8 Å². The Hall–Kier alpha value is -2.41. The van der Waals surface area contributed by atoms with E-state index in [4.69, 9.17) is 5.11 Å². The Morgan fingerprint density at radius 2 is 1.68 bits per heavy atom. The fourth-order valence-electron chi connectivity index (χ4n) is 3.09. The van der Waals surface area contributed by atoms with Gasteiger partial charge in [0, 0.05) is 6.42 Å². The number of rotatable bonds is 10. The van der Waals surface area contributed by atoms with Crippen molar-refractivity contribution in [1.29, 1.82) is 0 Å². The number of nitrogens with one attached hydrogen (secondary N) is 1. The molecule has 0 saturated carbocycles. The summed E-state index contributed by atoms with van der Waals surface area (Å²) in [6, 6.07) is 9.36. The molecule has 0 aliphatic carbocycles. The van der Waals surface area contributed by atoms with Crippen LogP contribution in [0.15, 0.2) is 41.3 Å². The Morgan fingerprint density at radius 3 is 2.32 bits per heavy atom. The summed E-state index contributed by atoms with van der Waals surface area (Å²) >= 11 is 0. The minimum Gasteiger partial charge on any atom is -0.481 e. The van der Waals surface area contributed by atoms with Crippen LogP contribution in [0, 0.1) is 19.7 Å². The van der Waals surface area contributed by atoms with E-state index in [2.05, 4.69) is 4.72 Å². The first-order valence-electron chi connectivity index (χ1n) is 9.29. The SMILES string of the molecule is Cc1cc(F)cc(C)c1NS(=O)(=O)c1cccc(CCCCCCC(=O)O)c1. The first-order chi connectivity index (χ1) is 13.2. The van der Waals surface area contributed by atoms with Crippen LogP contribution in [0.5, 0.6) is 0 Å². The number of unbranched alkanes of at least 4 members (excludes halogenated alkanes) is 3. The number of hydrogen-bond acceptors (Lipinski definition) is 3. The van der Waals surface area contributed by atoms with Gasteiger partial charge in [0.25, 0.3) is 10.0 Å². The van der Waals surface area contributed by atoms with E-state index in [9.17, 15) is 17.6 Å². The first kappa shape index (κ1) is 21.9. The summed E-state index contributed by atoms with van der Waals surface area (Å²) < 4.78 is 41.5. The van der Waals surface area contributed by atoms with Gasteiger partial charge in [0.15, 0.2) is 0 Å². The average Bonchev–Trinajstić information content (AvgIpc) is 2.61. The molecule has 0 spiro atoms. The summed E-state index contributed by atoms with van der Waals surface area (Å²) in [5.41, 5.74) is 2.36. The van der Waals surface area contributed by atoms with E-state index in [1.54, 1.807) is 26.0 Å². The minimum atomic E-state index is -3.78. The topological polar surface area (TPSA) is 83.5 Å². The summed E-state index contributed by atoms with van der Waals surface area (Å²) in [5.74, 6) is -1.18. The number of sulfonamides is 1. The molecule has 152 valence electrons. The fraction of sp³-hybridized carbons (Fsp3) is 0.381. The normalized spacial score (nSPS) is 11.4. The Bertz CT molecular complexity index is 918. The molecule has 2 N–H and O–H groups in total. The van der Waals surface area contributed by atoms with Gasteiger partial charge in [0.2, 0.25) is 0 Å². The molecule has 28 heavy (non-hydrogen) atoms. The predicted octanol–water partition coefficient (Wildman–Crippen LogP) is 4.82. The van der Waals surface area contributed by atoms with Gasteiger partial charge in [-0.2, -0.15) is 0 Å². The molecule has 2 aromatic rings. The van der Waals surface area contributed by atoms with Crippen molar-refractivity contribution in [3.8, 4) is 0 Å². The van der Waals surface area contributed by atoms with E-state index < -0.39 is 21.8 Å². The second-order valence-electron chi connectivity index (χ2n) is 6.98. The third-order valence-corrected chi connectivity index (χ3v) is 5.90. The van der Waals surface area contributed by atoms with Crippen LogP contribution in [-0.2, 0) is 21.2 Å². The summed E-state index contributed by atoms with van der Waals surface area (Å²) in [7, 11) is -3.78. The highest BCUT2D eigenvalue weighted by molar-refractivity contribution is 7.92. The van der Waals surface area contributed by atoms with Crippen LogP contribution in [-0.4, -0.2) is 19.5 Å². The van der Waals surface area contributed by atoms with Crippen LogP contribution in [0.4, 0.5) is 10.1 Å². The molecule has 0 unspecified atom stereocenters. The summed E-state index contributed by atoms with van der Waals surface area (Å²) in [5, 5.41) is 8.63. The predicted molar refractivity (Wildman–Crippen MR) is 108 cm³/mol. The van der Waals surface area contributed by atoms with Gasteiger partial charge in [-0.3, -0.25) is 9.52 Å². The number of benzene rings is 2. The number of aryl methyl sites for hydroxylation is 3. The van der Waals surface area contributed by atoms with Crippen LogP contribution in [0.2, 0.25) is 0 Å². The molecule has 0 atom stereocenters. The van der Waals surface area contributed by atoms with Crippen molar-refractivity contribution in [3.05, 3.63) is 58.9 Å². The first-order valence-corrected chi connectivity index (χ1v) is 10.8. The zero-order chi connectivity index (χ0) is 20.7. The lowest BCUT2D eigenvalue weighted by molar-refractivity contribution is -0.137. The maximum atomic E-state index is 13.4. The van der Waals surface area contributed by atoms with Crippen LogP contribution in [0.1, 0.15) is 48.8 Å². The highest BCUT2D eigenvalue weighted by atomic mass is 32.2. The quantitative estimate of drug-likeness (QED) is 0.553. The van der Waals surface area contributed by atoms with Gasteiger partial charge in [0.1, 0.15) is 5.82 Å². The van der Waals surface area contributed by atoms with Crippen LogP contribution >= 0.6 is 0 Å². The molecule has 2 aromatic carbocycles. The van der Waals surface area contributed by atoms with Crippen LogP contribution in [0.25, 0.3) is 0 Å². The zero-order valence-corrected chi connectivity index (χ0v) is 17.0. The molecule has 7 heteroatoms. The largest absolute Gasteiger partial charge is 0.481 e. The lowest BCUT2D eigenvalue weighted by atomic mass is 10.1. The maximum absolute atomic E-state index is 13.4. The fourth-order valence-corrected chi connectivity index (χ4v) is 4.36. The number of halogens is 1. The van der Waals surface area contributed by atoms with E-state index >= 15 is 0 Å².